The fourth-order valence-electron chi connectivity index (χ4n) is 4.26. The first-order chi connectivity index (χ1) is 20.4. The Labute approximate surface area is 260 Å². The molecule has 2 aromatic heterocycles. The quantitative estimate of drug-likeness (QED) is 0.186. The number of hydrogen-bond donors (Lipinski definition) is 0. The maximum atomic E-state index is 14.2. The third kappa shape index (κ3) is 7.66. The second kappa shape index (κ2) is 13.8. The Morgan fingerprint density at radius 2 is 1.77 bits per heavy atom. The molecule has 17 heteroatoms. The van der Waals surface area contributed by atoms with Crippen LogP contribution in [0.1, 0.15) is 32.5 Å². The molecule has 3 aromatic rings. The molecule has 3 heterocycles. The molecule has 1 aromatic carbocycles. The number of nitriles is 1. The minimum absolute atomic E-state index is 0.00723. The van der Waals surface area contributed by atoms with Gasteiger partial charge in [0.15, 0.2) is 17.9 Å². The van der Waals surface area contributed by atoms with E-state index in [-0.39, 0.29) is 23.6 Å². The predicted molar refractivity (Wildman–Crippen MR) is 148 cm³/mol. The summed E-state index contributed by atoms with van der Waals surface area (Å²) >= 11 is 9.90. The average molecular weight is 701 g/mol. The van der Waals surface area contributed by atoms with E-state index in [0.29, 0.717) is 9.37 Å². The summed E-state index contributed by atoms with van der Waals surface area (Å²) in [5.74, 6) is -4.18. The van der Waals surface area contributed by atoms with Gasteiger partial charge in [-0.15, -0.1) is 5.10 Å². The number of aromatic nitrogens is 4. The van der Waals surface area contributed by atoms with Gasteiger partial charge in [-0.25, -0.2) is 18.4 Å². The van der Waals surface area contributed by atoms with Crippen molar-refractivity contribution in [1.82, 2.24) is 20.0 Å². The lowest BCUT2D eigenvalue weighted by molar-refractivity contribution is -0.212. The molecule has 0 radical (unpaired) electrons. The first kappa shape index (κ1) is 32.3. The Hall–Kier alpha value is -3.65. The van der Waals surface area contributed by atoms with Crippen LogP contribution in [0.15, 0.2) is 40.0 Å². The summed E-state index contributed by atoms with van der Waals surface area (Å²) in [7, 11) is 0. The van der Waals surface area contributed by atoms with Crippen LogP contribution in [-0.2, 0) is 33.3 Å². The van der Waals surface area contributed by atoms with Crippen molar-refractivity contribution in [3.8, 4) is 17.3 Å². The largest absolute Gasteiger partial charge is 0.463 e. The van der Waals surface area contributed by atoms with Gasteiger partial charge in [-0.1, -0.05) is 28.6 Å². The van der Waals surface area contributed by atoms with Gasteiger partial charge < -0.3 is 18.9 Å². The summed E-state index contributed by atoms with van der Waals surface area (Å²) in [5, 5.41) is 17.0. The van der Waals surface area contributed by atoms with Crippen LogP contribution in [0.3, 0.4) is 0 Å². The number of ether oxygens (including phenoxy) is 4. The van der Waals surface area contributed by atoms with E-state index in [2.05, 4.69) is 31.2 Å². The molecule has 1 fully saturated rings. The summed E-state index contributed by atoms with van der Waals surface area (Å²) in [5.41, 5.74) is -1.06. The number of nitrogens with zero attached hydrogens (tertiary/aromatic N) is 5. The van der Waals surface area contributed by atoms with E-state index >= 15 is 0 Å². The van der Waals surface area contributed by atoms with Crippen LogP contribution in [0, 0.1) is 23.0 Å². The molecule has 12 nitrogen and oxygen atoms in total. The Bertz CT molecular complexity index is 1580. The number of halogens is 4. The van der Waals surface area contributed by atoms with Gasteiger partial charge >= 0.3 is 17.9 Å². The van der Waals surface area contributed by atoms with Crippen molar-refractivity contribution in [1.29, 1.82) is 5.26 Å². The van der Waals surface area contributed by atoms with E-state index < -0.39 is 64.4 Å². The molecular weight excluding hydrogens is 680 g/mol. The highest BCUT2D eigenvalue weighted by Crippen LogP contribution is 2.42. The normalized spacial score (nSPS) is 21.5. The van der Waals surface area contributed by atoms with Crippen molar-refractivity contribution in [3.05, 3.63) is 57.4 Å². The molecule has 226 valence electrons. The zero-order valence-corrected chi connectivity index (χ0v) is 25.7. The summed E-state index contributed by atoms with van der Waals surface area (Å²) in [6.45, 7) is 3.08. The van der Waals surface area contributed by atoms with Crippen LogP contribution in [0.4, 0.5) is 8.78 Å². The third-order valence-corrected chi connectivity index (χ3v) is 7.91. The van der Waals surface area contributed by atoms with Gasteiger partial charge in [0.2, 0.25) is 0 Å². The van der Waals surface area contributed by atoms with Gasteiger partial charge in [0.05, 0.1) is 6.20 Å². The van der Waals surface area contributed by atoms with Crippen molar-refractivity contribution in [3.63, 3.8) is 0 Å². The smallest absolute Gasteiger partial charge is 0.303 e. The maximum Gasteiger partial charge on any atom is 0.303 e. The second-order valence-corrected chi connectivity index (χ2v) is 11.5. The molecule has 1 aliphatic heterocycles. The lowest BCUT2D eigenvalue weighted by Gasteiger charge is -2.44. The first-order valence-corrected chi connectivity index (χ1v) is 14.3. The maximum absolute atomic E-state index is 14.2. The number of carbonyl (C=O) groups excluding carboxylic acids is 3. The number of benzene rings is 1. The zero-order chi connectivity index (χ0) is 31.4. The molecule has 0 aliphatic carbocycles. The molecule has 1 aliphatic rings. The highest BCUT2D eigenvalue weighted by Gasteiger charge is 2.52. The van der Waals surface area contributed by atoms with Crippen molar-refractivity contribution in [2.24, 2.45) is 0 Å². The highest BCUT2D eigenvalue weighted by molar-refractivity contribution is 9.10. The van der Waals surface area contributed by atoms with E-state index in [9.17, 15) is 28.4 Å². The summed E-state index contributed by atoms with van der Waals surface area (Å²) < 4.78 is 52.8. The summed E-state index contributed by atoms with van der Waals surface area (Å²) in [6.07, 6.45) is -0.944. The summed E-state index contributed by atoms with van der Waals surface area (Å²) in [4.78, 5) is 40.7. The number of hydrogen-bond acceptors (Lipinski definition) is 12. The van der Waals surface area contributed by atoms with Crippen LogP contribution >= 0.6 is 39.3 Å². The first-order valence-electron chi connectivity index (χ1n) is 12.3. The fraction of sp³-hybridized carbons (Fsp3) is 0.346. The van der Waals surface area contributed by atoms with Gasteiger partial charge in [0.25, 0.3) is 0 Å². The molecule has 1 saturated heterocycles. The Morgan fingerprint density at radius 3 is 2.37 bits per heavy atom. The van der Waals surface area contributed by atoms with Gasteiger partial charge in [0, 0.05) is 41.9 Å². The highest BCUT2D eigenvalue weighted by atomic mass is 79.9. The van der Waals surface area contributed by atoms with Crippen molar-refractivity contribution in [2.45, 2.75) is 55.5 Å². The van der Waals surface area contributed by atoms with Gasteiger partial charge in [-0.05, 0) is 34.1 Å². The third-order valence-electron chi connectivity index (χ3n) is 5.94. The van der Waals surface area contributed by atoms with Crippen LogP contribution in [-0.4, -0.2) is 68.2 Å². The topological polar surface area (TPSA) is 156 Å². The van der Waals surface area contributed by atoms with Gasteiger partial charge in [0.1, 0.15) is 52.6 Å². The molecule has 5 atom stereocenters. The number of rotatable bonds is 8. The number of carbonyl (C=O) groups is 3. The van der Waals surface area contributed by atoms with Crippen LogP contribution in [0.25, 0.3) is 11.3 Å². The SMILES string of the molecule is CC(=O)OCC1O[C@H](Sc2cc(Br)cnc2C#N)C(OC(C)=O)C(n2cc(-c3cc(F)c(Cl)c(F)c3)nn2)[C@H]1OC(C)=O. The molecule has 4 rings (SSSR count). The van der Waals surface area contributed by atoms with E-state index in [1.54, 1.807) is 6.07 Å². The second-order valence-electron chi connectivity index (χ2n) is 9.05. The van der Waals surface area contributed by atoms with Crippen molar-refractivity contribution < 1.29 is 42.1 Å². The minimum atomic E-state index is -1.28. The molecule has 0 amide bonds. The Kier molecular flexibility index (Phi) is 10.3. The number of pyridine rings is 1. The van der Waals surface area contributed by atoms with E-state index in [1.807, 2.05) is 6.07 Å². The lowest BCUT2D eigenvalue weighted by atomic mass is 9.96. The predicted octanol–water partition coefficient (Wildman–Crippen LogP) is 4.39. The van der Waals surface area contributed by atoms with Crippen LogP contribution in [0.2, 0.25) is 5.02 Å². The van der Waals surface area contributed by atoms with Crippen molar-refractivity contribution in [2.75, 3.05) is 6.61 Å². The lowest BCUT2D eigenvalue weighted by Crippen LogP contribution is -2.57. The Morgan fingerprint density at radius 1 is 1.12 bits per heavy atom. The van der Waals surface area contributed by atoms with Gasteiger partial charge in [-0.2, -0.15) is 5.26 Å². The summed E-state index contributed by atoms with van der Waals surface area (Å²) in [6, 6.07) is 4.33. The number of esters is 3. The molecule has 0 bridgehead atoms. The molecular formula is C26H21BrClF2N5O7S. The molecule has 0 saturated carbocycles. The average Bonchev–Trinajstić information content (AvgIpc) is 3.41. The molecule has 0 N–H and O–H groups in total. The molecule has 0 spiro atoms. The Balaban J connectivity index is 1.85. The van der Waals surface area contributed by atoms with Gasteiger partial charge in [-0.3, -0.25) is 14.4 Å². The van der Waals surface area contributed by atoms with E-state index in [4.69, 9.17) is 30.5 Å². The zero-order valence-electron chi connectivity index (χ0n) is 22.5. The van der Waals surface area contributed by atoms with E-state index in [1.165, 1.54) is 24.0 Å². The molecule has 43 heavy (non-hydrogen) atoms. The fourth-order valence-corrected chi connectivity index (χ4v) is 6.05. The van der Waals surface area contributed by atoms with Crippen LogP contribution in [0.5, 0.6) is 0 Å². The van der Waals surface area contributed by atoms with Crippen LogP contribution < -0.4 is 0 Å². The van der Waals surface area contributed by atoms with Crippen molar-refractivity contribution >= 4 is 57.2 Å². The number of thioether (sulfide) groups is 1. The standard InChI is InChI=1S/C26H21BrClF2N5O7S/c1-11(36)39-10-20-24(40-12(2)37)23(35-9-19(33-34-35)14-4-16(29)22(28)17(30)5-14)25(41-13(3)38)26(42-20)43-21-6-15(27)8-32-18(21)7-31/h4-6,8-9,20,23-26H,10H2,1-3H3/t20?,23?,24-,25?,26+/m0/s1. The molecule has 3 unspecified atom stereocenters. The monoisotopic (exact) mass is 699 g/mol. The minimum Gasteiger partial charge on any atom is -0.463 e. The van der Waals surface area contributed by atoms with E-state index in [0.717, 1.165) is 37.7 Å².